The quantitative estimate of drug-likeness (QED) is 0.176. The van der Waals surface area contributed by atoms with Gasteiger partial charge in [-0.1, -0.05) is 60.7 Å². The summed E-state index contributed by atoms with van der Waals surface area (Å²) in [5, 5.41) is 25.6. The molecule has 1 heterocycles. The molecule has 242 valence electrons. The number of hydrogen-bond acceptors (Lipinski definition) is 6. The number of hydrogen-bond donors (Lipinski definition) is 4. The van der Waals surface area contributed by atoms with Crippen LogP contribution in [0.2, 0.25) is 0 Å². The summed E-state index contributed by atoms with van der Waals surface area (Å²) in [4.78, 5) is 25.4. The highest BCUT2D eigenvalue weighted by Gasteiger charge is 2.51. The topological polar surface area (TPSA) is 117 Å². The molecule has 5 aliphatic rings. The van der Waals surface area contributed by atoms with E-state index >= 15 is 0 Å². The zero-order valence-corrected chi connectivity index (χ0v) is 26.7. The summed E-state index contributed by atoms with van der Waals surface area (Å²) in [6, 6.07) is 22.7. The van der Waals surface area contributed by atoms with Crippen molar-refractivity contribution < 1.29 is 29.3 Å². The molecule has 4 bridgehead atoms. The molecule has 5 fully saturated rings. The van der Waals surface area contributed by atoms with Gasteiger partial charge in [0.25, 0.3) is 0 Å². The Morgan fingerprint density at radius 2 is 1.43 bits per heavy atom. The number of urea groups is 1. The van der Waals surface area contributed by atoms with Gasteiger partial charge in [0.2, 0.25) is 0 Å². The Labute approximate surface area is 274 Å². The van der Waals surface area contributed by atoms with Crippen LogP contribution in [0.5, 0.6) is 0 Å². The highest BCUT2D eigenvalue weighted by molar-refractivity contribution is 7.99. The lowest BCUT2D eigenvalue weighted by molar-refractivity contribution is -0.245. The van der Waals surface area contributed by atoms with Gasteiger partial charge in [-0.3, -0.25) is 0 Å². The van der Waals surface area contributed by atoms with Gasteiger partial charge in [-0.2, -0.15) is 0 Å². The Balaban J connectivity index is 0.999. The number of nitrogens with one attached hydrogen (secondary N) is 2. The predicted octanol–water partition coefficient (Wildman–Crippen LogP) is 6.98. The molecular formula is C37H42N2O6S. The number of carboxylic acid groups (broad SMARTS) is 1. The van der Waals surface area contributed by atoms with Gasteiger partial charge in [-0.05, 0) is 85.1 Å². The number of thioether (sulfide) groups is 1. The van der Waals surface area contributed by atoms with E-state index < -0.39 is 12.3 Å². The maximum atomic E-state index is 13.0. The maximum Gasteiger partial charge on any atom is 0.336 e. The van der Waals surface area contributed by atoms with Crippen LogP contribution in [-0.4, -0.2) is 39.6 Å². The average molecular weight is 643 g/mol. The fourth-order valence-electron chi connectivity index (χ4n) is 8.50. The van der Waals surface area contributed by atoms with Crippen LogP contribution in [0.3, 0.4) is 0 Å². The van der Waals surface area contributed by atoms with Crippen molar-refractivity contribution >= 4 is 23.8 Å². The highest BCUT2D eigenvalue weighted by atomic mass is 32.2. The SMILES string of the molecule is O=C(NCc1ccc([C@@H]2O[C@H](CSc3ccccc3C(=O)O)C[C@H](c3ccc(CO)cc3)O2)cc1)NC12CC3CC(CC(C3)C1)C2. The van der Waals surface area contributed by atoms with Crippen LogP contribution >= 0.6 is 11.8 Å². The largest absolute Gasteiger partial charge is 0.478 e. The molecule has 0 unspecified atom stereocenters. The number of carboxylic acids is 1. The Hall–Kier alpha value is -3.37. The van der Waals surface area contributed by atoms with Gasteiger partial charge in [0.15, 0.2) is 6.29 Å². The molecule has 8 rings (SSSR count). The van der Waals surface area contributed by atoms with E-state index in [9.17, 15) is 19.8 Å². The third-order valence-electron chi connectivity index (χ3n) is 10.3. The van der Waals surface area contributed by atoms with Gasteiger partial charge in [-0.25, -0.2) is 9.59 Å². The number of benzene rings is 3. The molecule has 1 saturated heterocycles. The van der Waals surface area contributed by atoms with E-state index in [0.29, 0.717) is 23.6 Å². The normalized spacial score (nSPS) is 29.8. The number of rotatable bonds is 10. The van der Waals surface area contributed by atoms with Crippen molar-refractivity contribution in [2.24, 2.45) is 17.8 Å². The molecule has 2 amide bonds. The minimum atomic E-state index is -0.949. The molecule has 9 heteroatoms. The monoisotopic (exact) mass is 642 g/mol. The number of carbonyl (C=O) groups excluding carboxylic acids is 1. The summed E-state index contributed by atoms with van der Waals surface area (Å²) in [5.74, 6) is 1.95. The minimum absolute atomic E-state index is 0.0160. The van der Waals surface area contributed by atoms with Gasteiger partial charge in [0, 0.05) is 34.7 Å². The Kier molecular flexibility index (Phi) is 9.10. The van der Waals surface area contributed by atoms with Crippen LogP contribution < -0.4 is 10.6 Å². The lowest BCUT2D eigenvalue weighted by Crippen LogP contribution is -2.61. The van der Waals surface area contributed by atoms with E-state index in [4.69, 9.17) is 9.47 Å². The van der Waals surface area contributed by atoms with E-state index in [1.807, 2.05) is 60.7 Å². The number of aliphatic hydroxyl groups excluding tert-OH is 1. The molecular weight excluding hydrogens is 600 g/mol. The fraction of sp³-hybridized carbons (Fsp3) is 0.459. The van der Waals surface area contributed by atoms with Crippen molar-refractivity contribution in [3.63, 3.8) is 0 Å². The summed E-state index contributed by atoms with van der Waals surface area (Å²) >= 11 is 1.47. The van der Waals surface area contributed by atoms with Gasteiger partial charge in [0.1, 0.15) is 0 Å². The van der Waals surface area contributed by atoms with Crippen molar-refractivity contribution in [1.82, 2.24) is 10.6 Å². The first-order valence-corrected chi connectivity index (χ1v) is 17.4. The second-order valence-corrected chi connectivity index (χ2v) is 14.8. The van der Waals surface area contributed by atoms with Crippen molar-refractivity contribution in [2.45, 2.75) is 87.0 Å². The van der Waals surface area contributed by atoms with Crippen LogP contribution in [0.1, 0.15) is 90.0 Å². The number of ether oxygens (including phenoxy) is 2. The standard InChI is InChI=1S/C37H42N2O6S/c40-21-24-7-9-28(10-8-24)32-16-30(22-46-33-4-2-1-3-31(33)34(41)42)44-35(45-32)29-11-5-23(6-12-29)20-38-36(43)39-37-17-25-13-26(18-37)15-27(14-25)19-37/h1-12,25-27,30,32,35,40H,13-22H2,(H,41,42)(H2,38,39,43)/t25?,26?,27?,30-,32+,35+,37?/m0/s1. The van der Waals surface area contributed by atoms with E-state index in [0.717, 1.165) is 59.3 Å². The zero-order valence-electron chi connectivity index (χ0n) is 25.9. The molecule has 4 saturated carbocycles. The maximum absolute atomic E-state index is 13.0. The van der Waals surface area contributed by atoms with E-state index in [-0.39, 0.29) is 35.9 Å². The molecule has 3 aromatic rings. The van der Waals surface area contributed by atoms with Crippen LogP contribution in [0.4, 0.5) is 4.79 Å². The van der Waals surface area contributed by atoms with E-state index in [1.165, 1.54) is 31.0 Å². The van der Waals surface area contributed by atoms with Gasteiger partial charge < -0.3 is 30.3 Å². The summed E-state index contributed by atoms with van der Waals surface area (Å²) in [6.45, 7) is 0.415. The third-order valence-corrected chi connectivity index (χ3v) is 11.5. The molecule has 0 radical (unpaired) electrons. The lowest BCUT2D eigenvalue weighted by atomic mass is 9.53. The first-order chi connectivity index (χ1) is 22.3. The molecule has 3 atom stereocenters. The Bertz CT molecular complexity index is 1510. The van der Waals surface area contributed by atoms with Crippen molar-refractivity contribution in [3.05, 3.63) is 101 Å². The predicted molar refractivity (Wildman–Crippen MR) is 175 cm³/mol. The van der Waals surface area contributed by atoms with Crippen molar-refractivity contribution in [2.75, 3.05) is 5.75 Å². The zero-order chi connectivity index (χ0) is 31.7. The molecule has 8 nitrogen and oxygen atoms in total. The Morgan fingerprint density at radius 1 is 0.804 bits per heavy atom. The molecule has 4 N–H and O–H groups in total. The first kappa shape index (κ1) is 31.2. The molecule has 46 heavy (non-hydrogen) atoms. The fourth-order valence-corrected chi connectivity index (χ4v) is 9.56. The van der Waals surface area contributed by atoms with Crippen LogP contribution in [0.25, 0.3) is 0 Å². The molecule has 0 spiro atoms. The molecule has 0 aromatic heterocycles. The smallest absolute Gasteiger partial charge is 0.336 e. The van der Waals surface area contributed by atoms with Gasteiger partial charge in [0.05, 0.1) is 24.4 Å². The van der Waals surface area contributed by atoms with E-state index in [1.54, 1.807) is 12.1 Å². The number of aromatic carboxylic acids is 1. The summed E-state index contributed by atoms with van der Waals surface area (Å²) in [7, 11) is 0. The summed E-state index contributed by atoms with van der Waals surface area (Å²) in [5.41, 5.74) is 3.96. The third kappa shape index (κ3) is 6.98. The molecule has 3 aromatic carbocycles. The van der Waals surface area contributed by atoms with E-state index in [2.05, 4.69) is 10.6 Å². The summed E-state index contributed by atoms with van der Waals surface area (Å²) in [6.07, 6.45) is 6.98. The highest BCUT2D eigenvalue weighted by Crippen LogP contribution is 2.55. The Morgan fingerprint density at radius 3 is 2.09 bits per heavy atom. The van der Waals surface area contributed by atoms with Crippen LogP contribution in [0, 0.1) is 17.8 Å². The average Bonchev–Trinajstić information content (AvgIpc) is 3.06. The molecule has 4 aliphatic carbocycles. The first-order valence-electron chi connectivity index (χ1n) is 16.5. The van der Waals surface area contributed by atoms with Crippen LogP contribution in [0.15, 0.2) is 77.7 Å². The van der Waals surface area contributed by atoms with Crippen molar-refractivity contribution in [1.29, 1.82) is 0 Å². The number of aliphatic hydroxyl groups is 1. The van der Waals surface area contributed by atoms with Crippen LogP contribution in [-0.2, 0) is 22.6 Å². The molecule has 1 aliphatic heterocycles. The second kappa shape index (κ2) is 13.4. The van der Waals surface area contributed by atoms with Gasteiger partial charge >= 0.3 is 12.0 Å². The number of carbonyl (C=O) groups is 2. The second-order valence-electron chi connectivity index (χ2n) is 13.7. The van der Waals surface area contributed by atoms with Gasteiger partial charge in [-0.15, -0.1) is 11.8 Å². The lowest BCUT2D eigenvalue weighted by Gasteiger charge is -2.56. The number of amides is 2. The minimum Gasteiger partial charge on any atom is -0.478 e. The van der Waals surface area contributed by atoms with Crippen molar-refractivity contribution in [3.8, 4) is 0 Å². The summed E-state index contributed by atoms with van der Waals surface area (Å²) < 4.78 is 12.9.